The Morgan fingerprint density at radius 1 is 1.80 bits per heavy atom. The predicted molar refractivity (Wildman–Crippen MR) is 33.2 cm³/mol. The minimum absolute atomic E-state index is 0.160. The van der Waals surface area contributed by atoms with Crippen molar-refractivity contribution in [1.29, 1.82) is 5.41 Å². The van der Waals surface area contributed by atoms with Crippen molar-refractivity contribution in [2.75, 3.05) is 6.54 Å². The summed E-state index contributed by atoms with van der Waals surface area (Å²) in [5.41, 5.74) is -0.160. The number of nitrogens with one attached hydrogen (secondary N) is 2. The monoisotopic (exact) mass is 144 g/mol. The smallest absolute Gasteiger partial charge is 0.326 e. The summed E-state index contributed by atoms with van der Waals surface area (Å²) >= 11 is 0. The quantitative estimate of drug-likeness (QED) is 0.357. The van der Waals surface area contributed by atoms with Crippen molar-refractivity contribution in [3.8, 4) is 0 Å². The molecular formula is C5H8N2O3. The molecule has 56 valence electrons. The topological polar surface area (TPSA) is 93.4 Å². The summed E-state index contributed by atoms with van der Waals surface area (Å²) in [6, 6.07) is -0.991. The van der Waals surface area contributed by atoms with E-state index in [0.717, 1.165) is 0 Å². The average Bonchev–Trinajstić information content (AvgIpc) is 2.14. The van der Waals surface area contributed by atoms with Crippen LogP contribution in [-0.4, -0.2) is 40.6 Å². The molecule has 1 fully saturated rings. The zero-order chi connectivity index (χ0) is 7.72. The van der Waals surface area contributed by atoms with Crippen LogP contribution in [0.25, 0.3) is 0 Å². The van der Waals surface area contributed by atoms with Gasteiger partial charge in [-0.25, -0.2) is 0 Å². The molecule has 1 aliphatic rings. The van der Waals surface area contributed by atoms with Gasteiger partial charge in [-0.2, -0.15) is 0 Å². The number of aliphatic hydroxyl groups excluding tert-OH is 1. The van der Waals surface area contributed by atoms with Crippen LogP contribution in [0.1, 0.15) is 0 Å². The lowest BCUT2D eigenvalue weighted by Gasteiger charge is -2.02. The number of hydrogen-bond donors (Lipinski definition) is 4. The van der Waals surface area contributed by atoms with E-state index in [-0.39, 0.29) is 12.3 Å². The van der Waals surface area contributed by atoms with Gasteiger partial charge in [-0.3, -0.25) is 10.1 Å². The largest absolute Gasteiger partial charge is 0.480 e. The van der Waals surface area contributed by atoms with Gasteiger partial charge in [-0.05, 0) is 0 Å². The molecule has 0 spiro atoms. The third-order valence-corrected chi connectivity index (χ3v) is 1.43. The highest BCUT2D eigenvalue weighted by Crippen LogP contribution is 2.01. The number of carboxylic acid groups (broad SMARTS) is 1. The molecule has 5 nitrogen and oxygen atoms in total. The van der Waals surface area contributed by atoms with E-state index in [2.05, 4.69) is 5.32 Å². The minimum atomic E-state index is -1.11. The van der Waals surface area contributed by atoms with E-state index >= 15 is 0 Å². The fourth-order valence-electron chi connectivity index (χ4n) is 0.862. The molecule has 1 heterocycles. The van der Waals surface area contributed by atoms with Crippen molar-refractivity contribution in [1.82, 2.24) is 5.32 Å². The van der Waals surface area contributed by atoms with Gasteiger partial charge in [0.15, 0.2) is 0 Å². The second-order valence-corrected chi connectivity index (χ2v) is 2.15. The number of carbonyl (C=O) groups is 1. The van der Waals surface area contributed by atoms with Crippen molar-refractivity contribution < 1.29 is 15.0 Å². The SMILES string of the molecule is N=C1[C@@H](C(=O)O)NC[C@@H]1O. The van der Waals surface area contributed by atoms with Crippen LogP contribution < -0.4 is 5.32 Å². The van der Waals surface area contributed by atoms with E-state index in [4.69, 9.17) is 15.6 Å². The molecule has 1 rings (SSSR count). The molecule has 0 saturated carbocycles. The van der Waals surface area contributed by atoms with Gasteiger partial charge >= 0.3 is 5.97 Å². The van der Waals surface area contributed by atoms with Crippen LogP contribution in [0.5, 0.6) is 0 Å². The van der Waals surface area contributed by atoms with E-state index < -0.39 is 18.1 Å². The maximum atomic E-state index is 10.2. The van der Waals surface area contributed by atoms with Crippen molar-refractivity contribution in [3.63, 3.8) is 0 Å². The average molecular weight is 144 g/mol. The molecule has 0 aliphatic carbocycles. The Morgan fingerprint density at radius 2 is 2.40 bits per heavy atom. The highest BCUT2D eigenvalue weighted by Gasteiger charge is 2.33. The molecule has 4 N–H and O–H groups in total. The number of rotatable bonds is 1. The first-order valence-corrected chi connectivity index (χ1v) is 2.85. The van der Waals surface area contributed by atoms with Gasteiger partial charge in [0.1, 0.15) is 12.1 Å². The molecule has 1 saturated heterocycles. The standard InChI is InChI=1S/C5H8N2O3/c6-3-2(8)1-7-4(3)5(9)10/h2,4,6-8H,1H2,(H,9,10)/t2-,4-/m0/s1. The first-order chi connectivity index (χ1) is 4.63. The normalized spacial score (nSPS) is 32.7. The number of β-amino-alcohol motifs (C(OH)–C–C–N with tert-alkyl or cyclic N) is 1. The van der Waals surface area contributed by atoms with E-state index in [1.807, 2.05) is 0 Å². The molecule has 0 aromatic carbocycles. The number of aliphatic carboxylic acids is 1. The van der Waals surface area contributed by atoms with Gasteiger partial charge in [0.25, 0.3) is 0 Å². The maximum absolute atomic E-state index is 10.2. The van der Waals surface area contributed by atoms with Crippen molar-refractivity contribution in [2.45, 2.75) is 12.1 Å². The Hall–Kier alpha value is -0.940. The van der Waals surface area contributed by atoms with Gasteiger partial charge in [-0.15, -0.1) is 0 Å². The van der Waals surface area contributed by atoms with Crippen LogP contribution in [0, 0.1) is 5.41 Å². The Labute approximate surface area is 57.2 Å². The zero-order valence-electron chi connectivity index (χ0n) is 5.16. The molecular weight excluding hydrogens is 136 g/mol. The fourth-order valence-corrected chi connectivity index (χ4v) is 0.862. The van der Waals surface area contributed by atoms with Crippen LogP contribution in [0.15, 0.2) is 0 Å². The number of hydrogen-bond acceptors (Lipinski definition) is 4. The van der Waals surface area contributed by atoms with Crippen LogP contribution >= 0.6 is 0 Å². The first-order valence-electron chi connectivity index (χ1n) is 2.85. The summed E-state index contributed by atoms with van der Waals surface area (Å²) in [6.07, 6.45) is -0.930. The van der Waals surface area contributed by atoms with Crippen LogP contribution in [-0.2, 0) is 4.79 Å². The summed E-state index contributed by atoms with van der Waals surface area (Å²) in [7, 11) is 0. The maximum Gasteiger partial charge on any atom is 0.326 e. The summed E-state index contributed by atoms with van der Waals surface area (Å²) in [5, 5.41) is 26.8. The van der Waals surface area contributed by atoms with E-state index in [9.17, 15) is 4.79 Å². The molecule has 0 unspecified atom stereocenters. The Bertz CT molecular complexity index is 180. The summed E-state index contributed by atoms with van der Waals surface area (Å²) in [5.74, 6) is -1.11. The molecule has 10 heavy (non-hydrogen) atoms. The molecule has 0 aromatic heterocycles. The molecule has 2 atom stereocenters. The van der Waals surface area contributed by atoms with Crippen molar-refractivity contribution in [2.24, 2.45) is 0 Å². The Balaban J connectivity index is 2.66. The van der Waals surface area contributed by atoms with Crippen LogP contribution in [0.4, 0.5) is 0 Å². The second kappa shape index (κ2) is 2.36. The van der Waals surface area contributed by atoms with E-state index in [1.54, 1.807) is 0 Å². The lowest BCUT2D eigenvalue weighted by Crippen LogP contribution is -2.36. The molecule has 0 aromatic rings. The molecule has 0 amide bonds. The second-order valence-electron chi connectivity index (χ2n) is 2.15. The van der Waals surface area contributed by atoms with Gasteiger partial charge in [-0.1, -0.05) is 0 Å². The van der Waals surface area contributed by atoms with Crippen LogP contribution in [0.2, 0.25) is 0 Å². The highest BCUT2D eigenvalue weighted by molar-refractivity contribution is 6.07. The van der Waals surface area contributed by atoms with Crippen LogP contribution in [0.3, 0.4) is 0 Å². The van der Waals surface area contributed by atoms with Crippen molar-refractivity contribution >= 4 is 11.7 Å². The lowest BCUT2D eigenvalue weighted by atomic mass is 10.2. The number of carboxylic acids is 1. The Kier molecular flexibility index (Phi) is 1.69. The highest BCUT2D eigenvalue weighted by atomic mass is 16.4. The molecule has 0 radical (unpaired) electrons. The zero-order valence-corrected chi connectivity index (χ0v) is 5.16. The molecule has 5 heteroatoms. The van der Waals surface area contributed by atoms with Gasteiger partial charge in [0.05, 0.1) is 5.71 Å². The molecule has 1 aliphatic heterocycles. The van der Waals surface area contributed by atoms with Gasteiger partial charge < -0.3 is 15.6 Å². The minimum Gasteiger partial charge on any atom is -0.480 e. The summed E-state index contributed by atoms with van der Waals surface area (Å²) in [4.78, 5) is 10.2. The third kappa shape index (κ3) is 1.01. The lowest BCUT2D eigenvalue weighted by molar-refractivity contribution is -0.137. The summed E-state index contributed by atoms with van der Waals surface area (Å²) in [6.45, 7) is 0.163. The first kappa shape index (κ1) is 7.17. The van der Waals surface area contributed by atoms with E-state index in [1.165, 1.54) is 0 Å². The van der Waals surface area contributed by atoms with Gasteiger partial charge in [0, 0.05) is 6.54 Å². The predicted octanol–water partition coefficient (Wildman–Crippen LogP) is -1.58. The Morgan fingerprint density at radius 3 is 2.60 bits per heavy atom. The number of aliphatic hydroxyl groups is 1. The van der Waals surface area contributed by atoms with Crippen molar-refractivity contribution in [3.05, 3.63) is 0 Å². The van der Waals surface area contributed by atoms with E-state index in [0.29, 0.717) is 0 Å². The molecule has 0 bridgehead atoms. The van der Waals surface area contributed by atoms with Gasteiger partial charge in [0.2, 0.25) is 0 Å². The summed E-state index contributed by atoms with van der Waals surface area (Å²) < 4.78 is 0. The fraction of sp³-hybridized carbons (Fsp3) is 0.600. The third-order valence-electron chi connectivity index (χ3n) is 1.43.